The minimum atomic E-state index is -1.16. The van der Waals surface area contributed by atoms with Gasteiger partial charge in [0.05, 0.1) is 11.3 Å². The molecule has 1 aromatic heterocycles. The fraction of sp³-hybridized carbons (Fsp3) is 0.472. The van der Waals surface area contributed by atoms with Crippen molar-refractivity contribution in [2.75, 3.05) is 18.0 Å². The number of hydrogen-bond donors (Lipinski definition) is 2. The molecule has 0 bridgehead atoms. The second-order valence-corrected chi connectivity index (χ2v) is 13.3. The van der Waals surface area contributed by atoms with Crippen molar-refractivity contribution in [1.82, 2.24) is 10.3 Å². The SMILES string of the molecule is Cc1nc(C)c(C(OC(C)(C)C)C(=O)O)c(N2CCC3(CCCCC3)C2)c1-c1ccc(C(=O)NCc2ccccc2)cc1. The van der Waals surface area contributed by atoms with Gasteiger partial charge in [0.25, 0.3) is 5.91 Å². The molecule has 0 radical (unpaired) electrons. The molecule has 1 aliphatic carbocycles. The summed E-state index contributed by atoms with van der Waals surface area (Å²) < 4.78 is 6.23. The summed E-state index contributed by atoms with van der Waals surface area (Å²) in [6.07, 6.45) is 6.16. The van der Waals surface area contributed by atoms with E-state index >= 15 is 0 Å². The summed E-state index contributed by atoms with van der Waals surface area (Å²) in [7, 11) is 0. The molecule has 2 fully saturated rings. The van der Waals surface area contributed by atoms with Crippen LogP contribution in [-0.2, 0) is 16.1 Å². The van der Waals surface area contributed by atoms with Gasteiger partial charge in [0.1, 0.15) is 0 Å². The average molecular weight is 584 g/mol. The normalized spacial score (nSPS) is 17.2. The van der Waals surface area contributed by atoms with Crippen LogP contribution in [0.4, 0.5) is 5.69 Å². The molecule has 2 aromatic carbocycles. The quantitative estimate of drug-likeness (QED) is 0.287. The Morgan fingerprint density at radius 2 is 1.65 bits per heavy atom. The predicted octanol–water partition coefficient (Wildman–Crippen LogP) is 7.40. The Balaban J connectivity index is 1.55. The first-order valence-electron chi connectivity index (χ1n) is 15.6. The molecule has 1 amide bonds. The summed E-state index contributed by atoms with van der Waals surface area (Å²) in [5, 5.41) is 13.5. The van der Waals surface area contributed by atoms with Gasteiger partial charge in [-0.15, -0.1) is 0 Å². The Labute approximate surface area is 255 Å². The Morgan fingerprint density at radius 1 is 0.977 bits per heavy atom. The van der Waals surface area contributed by atoms with Crippen molar-refractivity contribution in [3.05, 3.63) is 82.7 Å². The molecule has 3 aromatic rings. The maximum atomic E-state index is 13.0. The number of aliphatic carboxylic acids is 1. The first-order chi connectivity index (χ1) is 20.5. The van der Waals surface area contributed by atoms with E-state index in [9.17, 15) is 14.7 Å². The van der Waals surface area contributed by atoms with Gasteiger partial charge in [-0.25, -0.2) is 4.79 Å². The van der Waals surface area contributed by atoms with Gasteiger partial charge in [-0.1, -0.05) is 61.7 Å². The minimum absolute atomic E-state index is 0.140. The molecular formula is C36H45N3O4. The third-order valence-corrected chi connectivity index (χ3v) is 8.94. The monoisotopic (exact) mass is 583 g/mol. The highest BCUT2D eigenvalue weighted by Crippen LogP contribution is 2.49. The van der Waals surface area contributed by atoms with Gasteiger partial charge in [0.2, 0.25) is 0 Å². The number of hydrogen-bond acceptors (Lipinski definition) is 5. The van der Waals surface area contributed by atoms with Crippen LogP contribution in [0.2, 0.25) is 0 Å². The number of ether oxygens (including phenoxy) is 1. The van der Waals surface area contributed by atoms with Crippen LogP contribution in [0, 0.1) is 19.3 Å². The summed E-state index contributed by atoms with van der Waals surface area (Å²) in [5.41, 5.74) is 6.07. The topological polar surface area (TPSA) is 91.8 Å². The van der Waals surface area contributed by atoms with Crippen LogP contribution < -0.4 is 10.2 Å². The number of benzene rings is 2. The lowest BCUT2D eigenvalue weighted by Crippen LogP contribution is -2.33. The zero-order valence-corrected chi connectivity index (χ0v) is 26.2. The largest absolute Gasteiger partial charge is 0.479 e. The van der Waals surface area contributed by atoms with Crippen LogP contribution in [0.15, 0.2) is 54.6 Å². The number of aromatic nitrogens is 1. The van der Waals surface area contributed by atoms with Crippen LogP contribution in [0.3, 0.4) is 0 Å². The molecule has 2 aliphatic rings. The molecule has 1 saturated heterocycles. The van der Waals surface area contributed by atoms with E-state index in [1.165, 1.54) is 32.1 Å². The molecule has 2 heterocycles. The molecule has 2 N–H and O–H groups in total. The highest BCUT2D eigenvalue weighted by molar-refractivity contribution is 5.95. The Bertz CT molecular complexity index is 1450. The van der Waals surface area contributed by atoms with Crippen molar-refractivity contribution < 1.29 is 19.4 Å². The van der Waals surface area contributed by atoms with Gasteiger partial charge in [-0.05, 0) is 82.6 Å². The maximum Gasteiger partial charge on any atom is 0.337 e. The maximum absolute atomic E-state index is 13.0. The number of carboxylic acids is 1. The molecular weight excluding hydrogens is 538 g/mol. The Hall–Kier alpha value is -3.71. The van der Waals surface area contributed by atoms with Gasteiger partial charge in [0.15, 0.2) is 6.10 Å². The number of pyridine rings is 1. The number of nitrogens with zero attached hydrogens (tertiary/aromatic N) is 2. The van der Waals surface area contributed by atoms with Gasteiger partial charge >= 0.3 is 5.97 Å². The van der Waals surface area contributed by atoms with E-state index in [0.717, 1.165) is 47.6 Å². The fourth-order valence-corrected chi connectivity index (χ4v) is 6.92. The number of amides is 1. The number of carboxylic acid groups (broad SMARTS) is 1. The second-order valence-electron chi connectivity index (χ2n) is 13.3. The molecule has 228 valence electrons. The van der Waals surface area contributed by atoms with Crippen molar-refractivity contribution in [1.29, 1.82) is 0 Å². The van der Waals surface area contributed by atoms with E-state index in [4.69, 9.17) is 9.72 Å². The van der Waals surface area contributed by atoms with Crippen LogP contribution in [0.5, 0.6) is 0 Å². The van der Waals surface area contributed by atoms with Crippen LogP contribution >= 0.6 is 0 Å². The van der Waals surface area contributed by atoms with Gasteiger partial charge in [-0.2, -0.15) is 0 Å². The first-order valence-corrected chi connectivity index (χ1v) is 15.6. The van der Waals surface area contributed by atoms with Gasteiger partial charge in [-0.3, -0.25) is 9.78 Å². The molecule has 43 heavy (non-hydrogen) atoms. The average Bonchev–Trinajstić information content (AvgIpc) is 3.37. The number of anilines is 1. The molecule has 1 unspecified atom stereocenters. The third-order valence-electron chi connectivity index (χ3n) is 8.94. The summed E-state index contributed by atoms with van der Waals surface area (Å²) in [6.45, 7) is 11.8. The summed E-state index contributed by atoms with van der Waals surface area (Å²) >= 11 is 0. The minimum Gasteiger partial charge on any atom is -0.479 e. The van der Waals surface area contributed by atoms with Crippen molar-refractivity contribution in [3.8, 4) is 11.1 Å². The Morgan fingerprint density at radius 3 is 2.28 bits per heavy atom. The summed E-state index contributed by atoms with van der Waals surface area (Å²) in [6, 6.07) is 17.4. The van der Waals surface area contributed by atoms with E-state index in [2.05, 4.69) is 10.2 Å². The van der Waals surface area contributed by atoms with Crippen LogP contribution in [-0.4, -0.2) is 40.7 Å². The van der Waals surface area contributed by atoms with Gasteiger partial charge < -0.3 is 20.1 Å². The van der Waals surface area contributed by atoms with Crippen molar-refractivity contribution >= 4 is 17.6 Å². The fourth-order valence-electron chi connectivity index (χ4n) is 6.92. The number of aryl methyl sites for hydroxylation is 2. The third kappa shape index (κ3) is 6.93. The first kappa shape index (κ1) is 30.7. The van der Waals surface area contributed by atoms with Crippen molar-refractivity contribution in [3.63, 3.8) is 0 Å². The molecule has 1 atom stereocenters. The number of rotatable bonds is 8. The number of carbonyl (C=O) groups excluding carboxylic acids is 1. The molecule has 1 aliphatic heterocycles. The Kier molecular flexibility index (Phi) is 8.93. The molecule has 7 heteroatoms. The van der Waals surface area contributed by atoms with Crippen molar-refractivity contribution in [2.24, 2.45) is 5.41 Å². The lowest BCUT2D eigenvalue weighted by atomic mass is 9.73. The summed E-state index contributed by atoms with van der Waals surface area (Å²) in [5.74, 6) is -1.16. The number of carbonyl (C=O) groups is 2. The molecule has 7 nitrogen and oxygen atoms in total. The van der Waals surface area contributed by atoms with Crippen LogP contribution in [0.1, 0.15) is 98.3 Å². The standard InChI is InChI=1S/C36H45N3O4/c1-24-29(27-14-16-28(17-15-27)33(40)37-22-26-12-8-6-9-13-26)31(39-21-20-36(23-39)18-10-7-11-19-36)30(25(2)38-24)32(34(41)42)43-35(3,4)5/h6,8-9,12-17,32H,7,10-11,18-23H2,1-5H3,(H,37,40)(H,41,42). The highest BCUT2D eigenvalue weighted by Gasteiger charge is 2.42. The van der Waals surface area contributed by atoms with E-state index in [-0.39, 0.29) is 11.3 Å². The zero-order valence-electron chi connectivity index (χ0n) is 26.2. The molecule has 5 rings (SSSR count). The summed E-state index contributed by atoms with van der Waals surface area (Å²) in [4.78, 5) is 33.0. The second kappa shape index (κ2) is 12.5. The number of nitrogens with one attached hydrogen (secondary N) is 1. The van der Waals surface area contributed by atoms with E-state index in [1.807, 2.05) is 89.2 Å². The lowest BCUT2D eigenvalue weighted by molar-refractivity contribution is -0.160. The van der Waals surface area contributed by atoms with E-state index in [0.29, 0.717) is 23.4 Å². The van der Waals surface area contributed by atoms with Crippen LogP contribution in [0.25, 0.3) is 11.1 Å². The van der Waals surface area contributed by atoms with E-state index in [1.54, 1.807) is 0 Å². The highest BCUT2D eigenvalue weighted by atomic mass is 16.5. The van der Waals surface area contributed by atoms with E-state index < -0.39 is 17.7 Å². The van der Waals surface area contributed by atoms with Gasteiger partial charge in [0, 0.05) is 47.7 Å². The molecule has 1 saturated carbocycles. The van der Waals surface area contributed by atoms with Crippen molar-refractivity contribution in [2.45, 2.75) is 91.4 Å². The smallest absolute Gasteiger partial charge is 0.337 e. The lowest BCUT2D eigenvalue weighted by Gasteiger charge is -2.36. The zero-order chi connectivity index (χ0) is 30.8. The molecule has 1 spiro atoms. The predicted molar refractivity (Wildman–Crippen MR) is 170 cm³/mol.